The second-order valence-electron chi connectivity index (χ2n) is 3.49. The molecule has 1 aromatic heterocycles. The van der Waals surface area contributed by atoms with E-state index in [1.165, 1.54) is 0 Å². The topological polar surface area (TPSA) is 55.9 Å². The van der Waals surface area contributed by atoms with E-state index in [4.69, 9.17) is 5.73 Å². The monoisotopic (exact) mass is 228 g/mol. The molecule has 86 valence electrons. The van der Waals surface area contributed by atoms with Crippen molar-refractivity contribution >= 4 is 23.3 Å². The molecule has 0 aliphatic heterocycles. The van der Waals surface area contributed by atoms with Crippen LogP contribution in [0.3, 0.4) is 0 Å². The van der Waals surface area contributed by atoms with Crippen LogP contribution in [-0.4, -0.2) is 28.3 Å². The molecule has 0 spiro atoms. The molecular weight excluding hydrogens is 208 g/mol. The molecule has 3 N–H and O–H groups in total. The van der Waals surface area contributed by atoms with E-state index in [0.717, 1.165) is 42.5 Å². The number of hydrogen-bond acceptors (Lipinski definition) is 4. The first kappa shape index (κ1) is 12.2. The van der Waals surface area contributed by atoms with Gasteiger partial charge in [-0.1, -0.05) is 6.92 Å². The molecule has 0 fully saturated rings. The van der Waals surface area contributed by atoms with Gasteiger partial charge in [-0.25, -0.2) is 4.68 Å². The molecule has 1 aromatic rings. The van der Waals surface area contributed by atoms with E-state index in [2.05, 4.69) is 23.6 Å². The SMILES string of the molecule is CCCn1nc(C)c(N)c1NCCSC. The smallest absolute Gasteiger partial charge is 0.148 e. The van der Waals surface area contributed by atoms with Gasteiger partial charge in [-0.3, -0.25) is 0 Å². The van der Waals surface area contributed by atoms with Crippen molar-refractivity contribution in [3.63, 3.8) is 0 Å². The Bertz CT molecular complexity index is 309. The number of nitrogens with one attached hydrogen (secondary N) is 1. The molecule has 0 bridgehead atoms. The lowest BCUT2D eigenvalue weighted by molar-refractivity contribution is 0.603. The highest BCUT2D eigenvalue weighted by Gasteiger charge is 2.10. The Balaban J connectivity index is 2.73. The molecule has 5 heteroatoms. The van der Waals surface area contributed by atoms with Gasteiger partial charge in [0.1, 0.15) is 5.82 Å². The van der Waals surface area contributed by atoms with Gasteiger partial charge in [0, 0.05) is 18.8 Å². The number of hydrogen-bond donors (Lipinski definition) is 2. The standard InChI is InChI=1S/C10H20N4S/c1-4-6-14-10(12-5-7-15-3)9(11)8(2)13-14/h12H,4-7,11H2,1-3H3. The summed E-state index contributed by atoms with van der Waals surface area (Å²) in [6, 6.07) is 0. The molecule has 0 radical (unpaired) electrons. The van der Waals surface area contributed by atoms with Crippen LogP contribution in [0, 0.1) is 6.92 Å². The summed E-state index contributed by atoms with van der Waals surface area (Å²) in [6.45, 7) is 5.93. The van der Waals surface area contributed by atoms with Crippen LogP contribution in [0.2, 0.25) is 0 Å². The van der Waals surface area contributed by atoms with Gasteiger partial charge in [0.15, 0.2) is 0 Å². The van der Waals surface area contributed by atoms with Gasteiger partial charge in [-0.05, 0) is 19.6 Å². The third kappa shape index (κ3) is 3.06. The fourth-order valence-corrected chi connectivity index (χ4v) is 1.73. The summed E-state index contributed by atoms with van der Waals surface area (Å²) in [4.78, 5) is 0. The van der Waals surface area contributed by atoms with Crippen LogP contribution in [0.1, 0.15) is 19.0 Å². The fraction of sp³-hybridized carbons (Fsp3) is 0.700. The second kappa shape index (κ2) is 5.90. The molecule has 0 aliphatic carbocycles. The van der Waals surface area contributed by atoms with Crippen molar-refractivity contribution in [2.24, 2.45) is 0 Å². The zero-order chi connectivity index (χ0) is 11.3. The average Bonchev–Trinajstić information content (AvgIpc) is 2.47. The number of aryl methyl sites for hydroxylation is 2. The Kier molecular flexibility index (Phi) is 4.81. The summed E-state index contributed by atoms with van der Waals surface area (Å²) in [7, 11) is 0. The van der Waals surface area contributed by atoms with Crippen molar-refractivity contribution in [3.8, 4) is 0 Å². The molecule has 15 heavy (non-hydrogen) atoms. The minimum atomic E-state index is 0.782. The minimum Gasteiger partial charge on any atom is -0.394 e. The van der Waals surface area contributed by atoms with Crippen molar-refractivity contribution < 1.29 is 0 Å². The highest BCUT2D eigenvalue weighted by atomic mass is 32.2. The molecule has 0 unspecified atom stereocenters. The lowest BCUT2D eigenvalue weighted by Gasteiger charge is -2.09. The molecular formula is C10H20N4S. The minimum absolute atomic E-state index is 0.782. The predicted molar refractivity (Wildman–Crippen MR) is 68.5 cm³/mol. The predicted octanol–water partition coefficient (Wildman–Crippen LogP) is 1.96. The first-order valence-electron chi connectivity index (χ1n) is 5.26. The van der Waals surface area contributed by atoms with Gasteiger partial charge in [0.2, 0.25) is 0 Å². The summed E-state index contributed by atoms with van der Waals surface area (Å²) in [6.07, 6.45) is 3.16. The molecule has 0 amide bonds. The van der Waals surface area contributed by atoms with E-state index < -0.39 is 0 Å². The molecule has 1 rings (SSSR count). The van der Waals surface area contributed by atoms with E-state index in [9.17, 15) is 0 Å². The van der Waals surface area contributed by atoms with Gasteiger partial charge < -0.3 is 11.1 Å². The Morgan fingerprint density at radius 3 is 2.87 bits per heavy atom. The zero-order valence-electron chi connectivity index (χ0n) is 9.71. The molecule has 0 atom stereocenters. The van der Waals surface area contributed by atoms with Gasteiger partial charge in [-0.15, -0.1) is 0 Å². The van der Waals surface area contributed by atoms with Crippen LogP contribution in [0.25, 0.3) is 0 Å². The lowest BCUT2D eigenvalue weighted by atomic mass is 10.4. The van der Waals surface area contributed by atoms with Crippen LogP contribution in [0.15, 0.2) is 0 Å². The normalized spacial score (nSPS) is 10.6. The second-order valence-corrected chi connectivity index (χ2v) is 4.48. The number of thioether (sulfide) groups is 1. The number of nitrogens with zero attached hydrogens (tertiary/aromatic N) is 2. The van der Waals surface area contributed by atoms with Gasteiger partial charge in [-0.2, -0.15) is 16.9 Å². The van der Waals surface area contributed by atoms with Crippen LogP contribution >= 0.6 is 11.8 Å². The first-order valence-corrected chi connectivity index (χ1v) is 6.65. The van der Waals surface area contributed by atoms with Gasteiger partial charge in [0.05, 0.1) is 11.4 Å². The van der Waals surface area contributed by atoms with Crippen molar-refractivity contribution in [1.29, 1.82) is 0 Å². The van der Waals surface area contributed by atoms with E-state index in [-0.39, 0.29) is 0 Å². The number of nitrogen functional groups attached to an aromatic ring is 1. The van der Waals surface area contributed by atoms with Crippen molar-refractivity contribution in [2.45, 2.75) is 26.8 Å². The average molecular weight is 228 g/mol. The highest BCUT2D eigenvalue weighted by molar-refractivity contribution is 7.98. The van der Waals surface area contributed by atoms with Crippen LogP contribution in [0.4, 0.5) is 11.5 Å². The van der Waals surface area contributed by atoms with E-state index >= 15 is 0 Å². The van der Waals surface area contributed by atoms with E-state index in [1.54, 1.807) is 0 Å². The quantitative estimate of drug-likeness (QED) is 0.731. The Hall–Kier alpha value is -0.840. The Morgan fingerprint density at radius 1 is 1.53 bits per heavy atom. The van der Waals surface area contributed by atoms with Crippen LogP contribution < -0.4 is 11.1 Å². The third-order valence-electron chi connectivity index (χ3n) is 2.21. The molecule has 4 nitrogen and oxygen atoms in total. The van der Waals surface area contributed by atoms with Crippen LogP contribution in [0.5, 0.6) is 0 Å². The molecule has 0 aliphatic rings. The van der Waals surface area contributed by atoms with Gasteiger partial charge in [0.25, 0.3) is 0 Å². The Morgan fingerprint density at radius 2 is 2.27 bits per heavy atom. The lowest BCUT2D eigenvalue weighted by Crippen LogP contribution is -2.11. The molecule has 0 saturated heterocycles. The largest absolute Gasteiger partial charge is 0.394 e. The maximum atomic E-state index is 5.96. The maximum absolute atomic E-state index is 5.96. The molecule has 1 heterocycles. The third-order valence-corrected chi connectivity index (χ3v) is 2.82. The number of anilines is 2. The molecule has 0 aromatic carbocycles. The summed E-state index contributed by atoms with van der Waals surface area (Å²) in [5, 5.41) is 7.74. The van der Waals surface area contributed by atoms with Crippen molar-refractivity contribution in [2.75, 3.05) is 29.6 Å². The highest BCUT2D eigenvalue weighted by Crippen LogP contribution is 2.22. The van der Waals surface area contributed by atoms with E-state index in [1.807, 2.05) is 23.4 Å². The van der Waals surface area contributed by atoms with Crippen molar-refractivity contribution in [1.82, 2.24) is 9.78 Å². The number of nitrogens with two attached hydrogens (primary N) is 1. The number of aromatic nitrogens is 2. The zero-order valence-corrected chi connectivity index (χ0v) is 10.5. The maximum Gasteiger partial charge on any atom is 0.148 e. The molecule has 0 saturated carbocycles. The van der Waals surface area contributed by atoms with Gasteiger partial charge >= 0.3 is 0 Å². The summed E-state index contributed by atoms with van der Waals surface area (Å²) < 4.78 is 1.96. The summed E-state index contributed by atoms with van der Waals surface area (Å²) >= 11 is 1.82. The van der Waals surface area contributed by atoms with E-state index in [0.29, 0.717) is 0 Å². The summed E-state index contributed by atoms with van der Waals surface area (Å²) in [5.74, 6) is 2.05. The van der Waals surface area contributed by atoms with Crippen molar-refractivity contribution in [3.05, 3.63) is 5.69 Å². The first-order chi connectivity index (χ1) is 7.20. The summed E-state index contributed by atoms with van der Waals surface area (Å²) in [5.41, 5.74) is 7.66. The Labute approximate surface area is 95.6 Å². The number of rotatable bonds is 6. The van der Waals surface area contributed by atoms with Crippen LogP contribution in [-0.2, 0) is 6.54 Å². The fourth-order valence-electron chi connectivity index (χ4n) is 1.43.